The fourth-order valence-electron chi connectivity index (χ4n) is 2.46. The summed E-state index contributed by atoms with van der Waals surface area (Å²) in [6, 6.07) is 18.8. The highest BCUT2D eigenvalue weighted by Gasteiger charge is 2.06. The molecule has 1 aromatic heterocycles. The number of nitrogens with one attached hydrogen (secondary N) is 1. The van der Waals surface area contributed by atoms with Crippen LogP contribution in [0.2, 0.25) is 0 Å². The van der Waals surface area contributed by atoms with Crippen LogP contribution in [0.15, 0.2) is 73.1 Å². The standard InChI is InChI=1S/C20H20N2O3/c1-24-18-6-2-3-7-19(18)25-15-12-21-20(23)16-8-10-17(11-9-16)22-13-4-5-14-22/h2-11,13-14H,12,15H2,1H3,(H,21,23). The molecule has 0 aliphatic rings. The molecule has 0 aliphatic heterocycles. The molecule has 3 rings (SSSR count). The maximum Gasteiger partial charge on any atom is 0.251 e. The number of ether oxygens (including phenoxy) is 2. The van der Waals surface area contributed by atoms with E-state index in [1.54, 1.807) is 7.11 Å². The van der Waals surface area contributed by atoms with Gasteiger partial charge in [-0.1, -0.05) is 12.1 Å². The normalized spacial score (nSPS) is 10.3. The third-order valence-electron chi connectivity index (χ3n) is 3.75. The molecule has 0 aliphatic carbocycles. The summed E-state index contributed by atoms with van der Waals surface area (Å²) in [6.45, 7) is 0.782. The first-order valence-corrected chi connectivity index (χ1v) is 8.05. The third kappa shape index (κ3) is 4.20. The molecule has 25 heavy (non-hydrogen) atoms. The van der Waals surface area contributed by atoms with E-state index in [1.165, 1.54) is 0 Å². The van der Waals surface area contributed by atoms with Gasteiger partial charge in [0.2, 0.25) is 0 Å². The SMILES string of the molecule is COc1ccccc1OCCNC(=O)c1ccc(-n2cccc2)cc1. The smallest absolute Gasteiger partial charge is 0.251 e. The van der Waals surface area contributed by atoms with E-state index in [9.17, 15) is 4.79 Å². The van der Waals surface area contributed by atoms with Crippen molar-refractivity contribution in [1.82, 2.24) is 9.88 Å². The van der Waals surface area contributed by atoms with E-state index in [2.05, 4.69) is 5.32 Å². The predicted octanol–water partition coefficient (Wildman–Crippen LogP) is 3.29. The fraction of sp³-hybridized carbons (Fsp3) is 0.150. The summed E-state index contributed by atoms with van der Waals surface area (Å²) in [5, 5.41) is 2.85. The lowest BCUT2D eigenvalue weighted by Gasteiger charge is -2.11. The topological polar surface area (TPSA) is 52.5 Å². The van der Waals surface area contributed by atoms with Crippen LogP contribution < -0.4 is 14.8 Å². The lowest BCUT2D eigenvalue weighted by Crippen LogP contribution is -2.28. The first-order chi connectivity index (χ1) is 12.3. The van der Waals surface area contributed by atoms with Crippen molar-refractivity contribution in [3.63, 3.8) is 0 Å². The van der Waals surface area contributed by atoms with E-state index in [-0.39, 0.29) is 5.91 Å². The van der Waals surface area contributed by atoms with Gasteiger partial charge in [0.1, 0.15) is 6.61 Å². The van der Waals surface area contributed by atoms with Crippen molar-refractivity contribution in [2.75, 3.05) is 20.3 Å². The molecule has 3 aromatic rings. The summed E-state index contributed by atoms with van der Waals surface area (Å²) in [5.74, 6) is 1.22. The molecule has 0 fully saturated rings. The molecule has 128 valence electrons. The van der Waals surface area contributed by atoms with Gasteiger partial charge >= 0.3 is 0 Å². The molecule has 1 N–H and O–H groups in total. The van der Waals surface area contributed by atoms with Crippen molar-refractivity contribution < 1.29 is 14.3 Å². The van der Waals surface area contributed by atoms with Gasteiger partial charge in [0, 0.05) is 23.6 Å². The second kappa shape index (κ2) is 8.06. The quantitative estimate of drug-likeness (QED) is 0.674. The molecule has 0 spiro atoms. The van der Waals surface area contributed by atoms with E-state index >= 15 is 0 Å². The number of aromatic nitrogens is 1. The number of hydrogen-bond acceptors (Lipinski definition) is 3. The van der Waals surface area contributed by atoms with Crippen LogP contribution >= 0.6 is 0 Å². The lowest BCUT2D eigenvalue weighted by atomic mass is 10.2. The highest BCUT2D eigenvalue weighted by atomic mass is 16.5. The minimum atomic E-state index is -0.123. The van der Waals surface area contributed by atoms with Gasteiger partial charge in [-0.3, -0.25) is 4.79 Å². The molecule has 1 heterocycles. The minimum Gasteiger partial charge on any atom is -0.493 e. The molecule has 0 unspecified atom stereocenters. The Labute approximate surface area is 146 Å². The molecular formula is C20H20N2O3. The van der Waals surface area contributed by atoms with Crippen LogP contribution in [0.25, 0.3) is 5.69 Å². The Morgan fingerprint density at radius 2 is 1.64 bits per heavy atom. The van der Waals surface area contributed by atoms with E-state index in [1.807, 2.05) is 77.6 Å². The Morgan fingerprint density at radius 3 is 2.32 bits per heavy atom. The summed E-state index contributed by atoms with van der Waals surface area (Å²) in [5.41, 5.74) is 1.63. The number of para-hydroxylation sites is 2. The Morgan fingerprint density at radius 1 is 0.960 bits per heavy atom. The van der Waals surface area contributed by atoms with Crippen molar-refractivity contribution in [2.45, 2.75) is 0 Å². The number of amides is 1. The first-order valence-electron chi connectivity index (χ1n) is 8.05. The fourth-order valence-corrected chi connectivity index (χ4v) is 2.46. The minimum absolute atomic E-state index is 0.123. The molecule has 5 nitrogen and oxygen atoms in total. The number of nitrogens with zero attached hydrogens (tertiary/aromatic N) is 1. The second-order valence-corrected chi connectivity index (χ2v) is 5.39. The number of carbonyl (C=O) groups is 1. The van der Waals surface area contributed by atoms with Crippen LogP contribution in [0.3, 0.4) is 0 Å². The van der Waals surface area contributed by atoms with E-state index in [4.69, 9.17) is 9.47 Å². The van der Waals surface area contributed by atoms with Gasteiger partial charge in [-0.05, 0) is 48.5 Å². The molecule has 0 bridgehead atoms. The molecule has 1 amide bonds. The number of hydrogen-bond donors (Lipinski definition) is 1. The van der Waals surface area contributed by atoms with Crippen molar-refractivity contribution in [2.24, 2.45) is 0 Å². The molecule has 0 atom stereocenters. The zero-order valence-corrected chi connectivity index (χ0v) is 14.0. The summed E-state index contributed by atoms with van der Waals surface area (Å²) in [6.07, 6.45) is 3.93. The van der Waals surface area contributed by atoms with Gasteiger partial charge in [0.15, 0.2) is 11.5 Å². The predicted molar refractivity (Wildman–Crippen MR) is 96.6 cm³/mol. The molecule has 0 saturated carbocycles. The third-order valence-corrected chi connectivity index (χ3v) is 3.75. The van der Waals surface area contributed by atoms with E-state index < -0.39 is 0 Å². The van der Waals surface area contributed by atoms with Crippen LogP contribution in [0.1, 0.15) is 10.4 Å². The van der Waals surface area contributed by atoms with Crippen molar-refractivity contribution >= 4 is 5.91 Å². The number of carbonyl (C=O) groups excluding carboxylic acids is 1. The zero-order chi connectivity index (χ0) is 17.5. The van der Waals surface area contributed by atoms with E-state index in [0.717, 1.165) is 5.69 Å². The monoisotopic (exact) mass is 336 g/mol. The van der Waals surface area contributed by atoms with Gasteiger partial charge < -0.3 is 19.4 Å². The number of methoxy groups -OCH3 is 1. The maximum absolute atomic E-state index is 12.2. The Hall–Kier alpha value is -3.21. The number of benzene rings is 2. The van der Waals surface area contributed by atoms with Gasteiger partial charge in [-0.2, -0.15) is 0 Å². The largest absolute Gasteiger partial charge is 0.493 e. The lowest BCUT2D eigenvalue weighted by molar-refractivity contribution is 0.0947. The van der Waals surface area contributed by atoms with Crippen LogP contribution in [0.4, 0.5) is 0 Å². The van der Waals surface area contributed by atoms with Crippen LogP contribution in [-0.4, -0.2) is 30.7 Å². The van der Waals surface area contributed by atoms with Crippen LogP contribution in [-0.2, 0) is 0 Å². The van der Waals surface area contributed by atoms with Crippen molar-refractivity contribution in [3.05, 3.63) is 78.6 Å². The molecule has 2 aromatic carbocycles. The van der Waals surface area contributed by atoms with Gasteiger partial charge in [-0.15, -0.1) is 0 Å². The van der Waals surface area contributed by atoms with Gasteiger partial charge in [0.25, 0.3) is 5.91 Å². The molecule has 0 radical (unpaired) electrons. The number of rotatable bonds is 7. The highest BCUT2D eigenvalue weighted by molar-refractivity contribution is 5.94. The highest BCUT2D eigenvalue weighted by Crippen LogP contribution is 2.25. The zero-order valence-electron chi connectivity index (χ0n) is 14.0. The van der Waals surface area contributed by atoms with Crippen molar-refractivity contribution in [1.29, 1.82) is 0 Å². The van der Waals surface area contributed by atoms with E-state index in [0.29, 0.717) is 30.2 Å². The maximum atomic E-state index is 12.2. The van der Waals surface area contributed by atoms with Crippen LogP contribution in [0, 0.1) is 0 Å². The molecule has 0 saturated heterocycles. The van der Waals surface area contributed by atoms with Crippen LogP contribution in [0.5, 0.6) is 11.5 Å². The second-order valence-electron chi connectivity index (χ2n) is 5.39. The first kappa shape index (κ1) is 16.6. The van der Waals surface area contributed by atoms with Crippen molar-refractivity contribution in [3.8, 4) is 17.2 Å². The Bertz CT molecular complexity index is 811. The average Bonchev–Trinajstić information content (AvgIpc) is 3.20. The Balaban J connectivity index is 1.49. The Kier molecular flexibility index (Phi) is 5.36. The summed E-state index contributed by atoms with van der Waals surface area (Å²) >= 11 is 0. The van der Waals surface area contributed by atoms with Gasteiger partial charge in [-0.25, -0.2) is 0 Å². The molecule has 5 heteroatoms. The summed E-state index contributed by atoms with van der Waals surface area (Å²) in [4.78, 5) is 12.2. The summed E-state index contributed by atoms with van der Waals surface area (Å²) < 4.78 is 12.8. The van der Waals surface area contributed by atoms with Gasteiger partial charge in [0.05, 0.1) is 13.7 Å². The summed E-state index contributed by atoms with van der Waals surface area (Å²) in [7, 11) is 1.60. The molecular weight excluding hydrogens is 316 g/mol. The average molecular weight is 336 g/mol.